The highest BCUT2D eigenvalue weighted by Gasteiger charge is 2.44. The van der Waals surface area contributed by atoms with Crippen molar-refractivity contribution >= 4 is 0 Å². The molecule has 0 aromatic heterocycles. The molecule has 1 fully saturated rings. The van der Waals surface area contributed by atoms with E-state index in [1.54, 1.807) is 21.3 Å². The highest BCUT2D eigenvalue weighted by atomic mass is 16.6. The van der Waals surface area contributed by atoms with Crippen molar-refractivity contribution in [2.45, 2.75) is 12.5 Å². The van der Waals surface area contributed by atoms with Gasteiger partial charge in [-0.25, -0.2) is 0 Å². The first-order valence-electron chi connectivity index (χ1n) is 5.09. The molecule has 1 aliphatic heterocycles. The Balaban J connectivity index is 2.55. The fourth-order valence-corrected chi connectivity index (χ4v) is 1.78. The minimum Gasteiger partial charge on any atom is -0.493 e. The normalized spacial score (nSPS) is 22.8. The van der Waals surface area contributed by atoms with E-state index in [1.165, 1.54) is 0 Å². The third-order valence-corrected chi connectivity index (χ3v) is 2.85. The van der Waals surface area contributed by atoms with Crippen LogP contribution in [0.15, 0.2) is 12.1 Å². The fraction of sp³-hybridized carbons (Fsp3) is 0.500. The Morgan fingerprint density at radius 2 is 1.69 bits per heavy atom. The summed E-state index contributed by atoms with van der Waals surface area (Å²) < 4.78 is 21.3. The summed E-state index contributed by atoms with van der Waals surface area (Å²) in [4.78, 5) is 0. The Bertz CT molecular complexity index is 396. The maximum Gasteiger partial charge on any atom is 0.203 e. The lowest BCUT2D eigenvalue weighted by Crippen LogP contribution is -2.07. The third-order valence-electron chi connectivity index (χ3n) is 2.85. The molecule has 1 aromatic rings. The van der Waals surface area contributed by atoms with Crippen LogP contribution in [0.5, 0.6) is 17.2 Å². The smallest absolute Gasteiger partial charge is 0.203 e. The van der Waals surface area contributed by atoms with E-state index in [4.69, 9.17) is 18.9 Å². The molecule has 0 N–H and O–H groups in total. The van der Waals surface area contributed by atoms with Crippen molar-refractivity contribution in [3.63, 3.8) is 0 Å². The van der Waals surface area contributed by atoms with E-state index in [9.17, 15) is 0 Å². The second-order valence-corrected chi connectivity index (χ2v) is 3.90. The van der Waals surface area contributed by atoms with Gasteiger partial charge < -0.3 is 18.9 Å². The molecule has 4 heteroatoms. The van der Waals surface area contributed by atoms with Gasteiger partial charge in [-0.1, -0.05) is 0 Å². The first kappa shape index (κ1) is 11.1. The number of benzene rings is 1. The van der Waals surface area contributed by atoms with Gasteiger partial charge >= 0.3 is 0 Å². The van der Waals surface area contributed by atoms with Crippen LogP contribution >= 0.6 is 0 Å². The summed E-state index contributed by atoms with van der Waals surface area (Å²) in [6.07, 6.45) is 0. The lowest BCUT2D eigenvalue weighted by atomic mass is 10.00. The molecule has 4 nitrogen and oxygen atoms in total. The predicted molar refractivity (Wildman–Crippen MR) is 59.4 cm³/mol. The molecule has 1 atom stereocenters. The molecule has 0 radical (unpaired) electrons. The number of hydrogen-bond acceptors (Lipinski definition) is 4. The van der Waals surface area contributed by atoms with Crippen LogP contribution in [0.25, 0.3) is 0 Å². The van der Waals surface area contributed by atoms with Gasteiger partial charge in [-0.05, 0) is 19.1 Å². The predicted octanol–water partition coefficient (Wildman–Crippen LogP) is 1.96. The molecule has 88 valence electrons. The van der Waals surface area contributed by atoms with Crippen molar-refractivity contribution < 1.29 is 18.9 Å². The van der Waals surface area contributed by atoms with E-state index < -0.39 is 0 Å². The van der Waals surface area contributed by atoms with Crippen LogP contribution in [-0.2, 0) is 10.3 Å². The van der Waals surface area contributed by atoms with Crippen molar-refractivity contribution in [1.82, 2.24) is 0 Å². The third kappa shape index (κ3) is 1.59. The molecule has 1 aromatic carbocycles. The van der Waals surface area contributed by atoms with E-state index in [1.807, 2.05) is 19.1 Å². The Kier molecular flexibility index (Phi) is 2.68. The maximum atomic E-state index is 5.42. The van der Waals surface area contributed by atoms with Gasteiger partial charge in [0.2, 0.25) is 5.75 Å². The number of rotatable bonds is 4. The Hall–Kier alpha value is -1.42. The van der Waals surface area contributed by atoms with E-state index >= 15 is 0 Å². The number of ether oxygens (including phenoxy) is 4. The molecule has 0 spiro atoms. The molecule has 1 aliphatic rings. The monoisotopic (exact) mass is 224 g/mol. The summed E-state index contributed by atoms with van der Waals surface area (Å²) in [5.41, 5.74) is 0.748. The standard InChI is InChI=1S/C12H16O4/c1-12(7-16-12)8-5-6-9(13-2)11(15-4)10(8)14-3/h5-6H,7H2,1-4H3. The van der Waals surface area contributed by atoms with Crippen LogP contribution in [0.1, 0.15) is 12.5 Å². The van der Waals surface area contributed by atoms with Gasteiger partial charge in [-0.15, -0.1) is 0 Å². The quantitative estimate of drug-likeness (QED) is 0.733. The zero-order chi connectivity index (χ0) is 11.8. The van der Waals surface area contributed by atoms with Gasteiger partial charge in [0.25, 0.3) is 0 Å². The number of methoxy groups -OCH3 is 3. The number of epoxide rings is 1. The zero-order valence-corrected chi connectivity index (χ0v) is 9.99. The van der Waals surface area contributed by atoms with E-state index in [2.05, 4.69) is 0 Å². The average molecular weight is 224 g/mol. The number of hydrogen-bond donors (Lipinski definition) is 0. The van der Waals surface area contributed by atoms with Gasteiger partial charge in [0.1, 0.15) is 5.60 Å². The molecule has 0 aliphatic carbocycles. The summed E-state index contributed by atoms with van der Waals surface area (Å²) in [6.45, 7) is 2.73. The van der Waals surface area contributed by atoms with Crippen molar-refractivity contribution in [2.24, 2.45) is 0 Å². The summed E-state index contributed by atoms with van der Waals surface area (Å²) in [7, 11) is 4.82. The Morgan fingerprint density at radius 3 is 2.12 bits per heavy atom. The lowest BCUT2D eigenvalue weighted by Gasteiger charge is -2.17. The van der Waals surface area contributed by atoms with Crippen molar-refractivity contribution in [3.05, 3.63) is 17.7 Å². The van der Waals surface area contributed by atoms with Gasteiger partial charge in [-0.3, -0.25) is 0 Å². The minimum atomic E-state index is -0.245. The second kappa shape index (κ2) is 3.87. The highest BCUT2D eigenvalue weighted by Crippen LogP contribution is 2.49. The molecular formula is C12H16O4. The molecule has 0 bridgehead atoms. The highest BCUT2D eigenvalue weighted by molar-refractivity contribution is 5.58. The maximum absolute atomic E-state index is 5.42. The fourth-order valence-electron chi connectivity index (χ4n) is 1.78. The molecule has 0 amide bonds. The van der Waals surface area contributed by atoms with Crippen molar-refractivity contribution in [2.75, 3.05) is 27.9 Å². The molecule has 2 rings (SSSR count). The van der Waals surface area contributed by atoms with Crippen molar-refractivity contribution in [1.29, 1.82) is 0 Å². The summed E-state index contributed by atoms with van der Waals surface area (Å²) in [5, 5.41) is 0. The van der Waals surface area contributed by atoms with Gasteiger partial charge in [0.15, 0.2) is 11.5 Å². The largest absolute Gasteiger partial charge is 0.493 e. The van der Waals surface area contributed by atoms with E-state index in [0.29, 0.717) is 23.9 Å². The average Bonchev–Trinajstić information content (AvgIpc) is 3.06. The minimum absolute atomic E-state index is 0.245. The summed E-state index contributed by atoms with van der Waals surface area (Å²) >= 11 is 0. The van der Waals surface area contributed by atoms with Crippen molar-refractivity contribution in [3.8, 4) is 17.2 Å². The SMILES string of the molecule is COc1ccc(C2(C)CO2)c(OC)c1OC. The van der Waals surface area contributed by atoms with Crippen LogP contribution in [0, 0.1) is 0 Å². The van der Waals surface area contributed by atoms with Gasteiger partial charge in [0.05, 0.1) is 27.9 Å². The zero-order valence-electron chi connectivity index (χ0n) is 9.99. The Labute approximate surface area is 95.1 Å². The Morgan fingerprint density at radius 1 is 1.06 bits per heavy atom. The van der Waals surface area contributed by atoms with Crippen LogP contribution in [-0.4, -0.2) is 27.9 Å². The van der Waals surface area contributed by atoms with Gasteiger partial charge in [0, 0.05) is 5.56 Å². The first-order chi connectivity index (χ1) is 7.66. The molecule has 1 heterocycles. The lowest BCUT2D eigenvalue weighted by molar-refractivity contribution is 0.297. The summed E-state index contributed by atoms with van der Waals surface area (Å²) in [5.74, 6) is 1.95. The second-order valence-electron chi connectivity index (χ2n) is 3.90. The van der Waals surface area contributed by atoms with E-state index in [-0.39, 0.29) is 5.60 Å². The summed E-state index contributed by atoms with van der Waals surface area (Å²) in [6, 6.07) is 3.82. The molecule has 16 heavy (non-hydrogen) atoms. The van der Waals surface area contributed by atoms with Crippen LogP contribution in [0.4, 0.5) is 0 Å². The topological polar surface area (TPSA) is 40.2 Å². The first-order valence-corrected chi connectivity index (χ1v) is 5.09. The van der Waals surface area contributed by atoms with Crippen LogP contribution < -0.4 is 14.2 Å². The van der Waals surface area contributed by atoms with Gasteiger partial charge in [-0.2, -0.15) is 0 Å². The van der Waals surface area contributed by atoms with Crippen LogP contribution in [0.3, 0.4) is 0 Å². The molecular weight excluding hydrogens is 208 g/mol. The van der Waals surface area contributed by atoms with Crippen LogP contribution in [0.2, 0.25) is 0 Å². The molecule has 0 saturated carbocycles. The molecule has 1 saturated heterocycles. The molecule has 1 unspecified atom stereocenters. The van der Waals surface area contributed by atoms with E-state index in [0.717, 1.165) is 5.56 Å².